The number of ether oxygens (including phenoxy) is 1. The van der Waals surface area contributed by atoms with Gasteiger partial charge in [0.15, 0.2) is 6.61 Å². The lowest BCUT2D eigenvalue weighted by atomic mass is 10.0. The summed E-state index contributed by atoms with van der Waals surface area (Å²) >= 11 is 0. The van der Waals surface area contributed by atoms with Crippen LogP contribution in [-0.4, -0.2) is 42.5 Å². The van der Waals surface area contributed by atoms with Crippen molar-refractivity contribution in [3.8, 4) is 11.8 Å². The number of nitrogens with one attached hydrogen (secondary N) is 1. The van der Waals surface area contributed by atoms with Crippen molar-refractivity contribution in [2.45, 2.75) is 25.3 Å². The Labute approximate surface area is 164 Å². The molecule has 28 heavy (non-hydrogen) atoms. The van der Waals surface area contributed by atoms with Crippen molar-refractivity contribution >= 4 is 11.8 Å². The van der Waals surface area contributed by atoms with Crippen molar-refractivity contribution < 1.29 is 14.3 Å². The molecule has 0 radical (unpaired) electrons. The van der Waals surface area contributed by atoms with Gasteiger partial charge in [0.05, 0.1) is 11.6 Å². The number of hydrogen-bond donors (Lipinski definition) is 1. The quantitative estimate of drug-likeness (QED) is 0.803. The number of likely N-dealkylation sites (tertiary alicyclic amines) is 1. The van der Waals surface area contributed by atoms with E-state index < -0.39 is 6.04 Å². The third-order valence-electron chi connectivity index (χ3n) is 4.69. The minimum atomic E-state index is -0.613. The van der Waals surface area contributed by atoms with Gasteiger partial charge in [0.1, 0.15) is 11.8 Å². The van der Waals surface area contributed by atoms with Gasteiger partial charge in [-0.05, 0) is 42.7 Å². The molecule has 0 spiro atoms. The van der Waals surface area contributed by atoms with Crippen molar-refractivity contribution in [2.24, 2.45) is 0 Å². The fourth-order valence-electron chi connectivity index (χ4n) is 3.22. The summed E-state index contributed by atoms with van der Waals surface area (Å²) < 4.78 is 5.48. The molecule has 0 aromatic heterocycles. The second-order valence-electron chi connectivity index (χ2n) is 6.77. The predicted octanol–water partition coefficient (Wildman–Crippen LogP) is 2.29. The molecule has 3 rings (SSSR count). The number of hydrogen-bond acceptors (Lipinski definition) is 4. The van der Waals surface area contributed by atoms with E-state index in [9.17, 15) is 9.59 Å². The van der Waals surface area contributed by atoms with E-state index >= 15 is 0 Å². The Kier molecular flexibility index (Phi) is 6.64. The number of nitriles is 1. The van der Waals surface area contributed by atoms with Gasteiger partial charge in [-0.1, -0.05) is 30.3 Å². The van der Waals surface area contributed by atoms with E-state index in [0.29, 0.717) is 17.7 Å². The van der Waals surface area contributed by atoms with Crippen LogP contribution in [-0.2, 0) is 16.0 Å². The number of amides is 2. The minimum absolute atomic E-state index is 0.0481. The first-order chi connectivity index (χ1) is 13.7. The van der Waals surface area contributed by atoms with Gasteiger partial charge in [-0.25, -0.2) is 0 Å². The number of carbonyl (C=O) groups is 2. The highest BCUT2D eigenvalue weighted by molar-refractivity contribution is 5.88. The van der Waals surface area contributed by atoms with Crippen LogP contribution in [0.15, 0.2) is 54.6 Å². The lowest BCUT2D eigenvalue weighted by Gasteiger charge is -2.24. The predicted molar refractivity (Wildman–Crippen MR) is 105 cm³/mol. The molecule has 1 aliphatic heterocycles. The third-order valence-corrected chi connectivity index (χ3v) is 4.69. The van der Waals surface area contributed by atoms with Gasteiger partial charge >= 0.3 is 0 Å². The highest BCUT2D eigenvalue weighted by Gasteiger charge is 2.28. The Hall–Kier alpha value is -3.33. The van der Waals surface area contributed by atoms with Crippen molar-refractivity contribution in [1.29, 1.82) is 5.26 Å². The van der Waals surface area contributed by atoms with Gasteiger partial charge < -0.3 is 15.0 Å². The Balaban J connectivity index is 1.61. The molecule has 2 amide bonds. The summed E-state index contributed by atoms with van der Waals surface area (Å²) in [7, 11) is 0. The highest BCUT2D eigenvalue weighted by atomic mass is 16.5. The molecule has 2 aromatic carbocycles. The highest BCUT2D eigenvalue weighted by Crippen LogP contribution is 2.13. The fourth-order valence-corrected chi connectivity index (χ4v) is 3.22. The first kappa shape index (κ1) is 19.4. The van der Waals surface area contributed by atoms with Gasteiger partial charge in [0.2, 0.25) is 5.91 Å². The molecule has 144 valence electrons. The molecule has 1 saturated heterocycles. The Bertz CT molecular complexity index is 838. The summed E-state index contributed by atoms with van der Waals surface area (Å²) in [5, 5.41) is 11.6. The molecule has 1 heterocycles. The standard InChI is InChI=1S/C22H23N3O3/c23-15-18-8-10-19(11-9-18)28-16-21(26)24-20(14-17-6-2-1-3-7-17)22(27)25-12-4-5-13-25/h1-3,6-11,20H,4-5,12-14,16H2,(H,24,26). The van der Waals surface area contributed by atoms with E-state index in [2.05, 4.69) is 5.32 Å². The molecule has 2 aromatic rings. The summed E-state index contributed by atoms with van der Waals surface area (Å²) in [6, 6.07) is 17.6. The molecule has 0 aliphatic carbocycles. The molecular formula is C22H23N3O3. The molecule has 1 aliphatic rings. The molecule has 0 saturated carbocycles. The zero-order valence-corrected chi connectivity index (χ0v) is 15.6. The molecule has 6 heteroatoms. The Morgan fingerprint density at radius 3 is 2.39 bits per heavy atom. The number of carbonyl (C=O) groups excluding carboxylic acids is 2. The maximum atomic E-state index is 12.9. The number of rotatable bonds is 7. The first-order valence-corrected chi connectivity index (χ1v) is 9.41. The van der Waals surface area contributed by atoms with E-state index in [1.165, 1.54) is 0 Å². The van der Waals surface area contributed by atoms with E-state index in [4.69, 9.17) is 10.00 Å². The Morgan fingerprint density at radius 2 is 1.75 bits per heavy atom. The molecular weight excluding hydrogens is 354 g/mol. The lowest BCUT2D eigenvalue weighted by molar-refractivity contribution is -0.136. The van der Waals surface area contributed by atoms with E-state index in [1.54, 1.807) is 24.3 Å². The third kappa shape index (κ3) is 5.34. The summed E-state index contributed by atoms with van der Waals surface area (Å²) in [6.45, 7) is 1.29. The van der Waals surface area contributed by atoms with Gasteiger partial charge in [-0.2, -0.15) is 5.26 Å². The molecule has 1 unspecified atom stereocenters. The fraction of sp³-hybridized carbons (Fsp3) is 0.318. The van der Waals surface area contributed by atoms with Gasteiger partial charge in [-0.15, -0.1) is 0 Å². The summed E-state index contributed by atoms with van der Waals surface area (Å²) in [6.07, 6.45) is 2.44. The van der Waals surface area contributed by atoms with Crippen molar-refractivity contribution in [2.75, 3.05) is 19.7 Å². The topological polar surface area (TPSA) is 82.4 Å². The summed E-state index contributed by atoms with van der Waals surface area (Å²) in [4.78, 5) is 27.1. The van der Waals surface area contributed by atoms with Crippen LogP contribution in [0.1, 0.15) is 24.0 Å². The van der Waals surface area contributed by atoms with Gasteiger partial charge in [0, 0.05) is 19.5 Å². The maximum absolute atomic E-state index is 12.9. The van der Waals surface area contributed by atoms with Crippen LogP contribution in [0.25, 0.3) is 0 Å². The van der Waals surface area contributed by atoms with Gasteiger partial charge in [-0.3, -0.25) is 9.59 Å². The zero-order chi connectivity index (χ0) is 19.8. The van der Waals surface area contributed by atoms with Gasteiger partial charge in [0.25, 0.3) is 5.91 Å². The van der Waals surface area contributed by atoms with Crippen molar-refractivity contribution in [1.82, 2.24) is 10.2 Å². The molecule has 1 N–H and O–H groups in total. The van der Waals surface area contributed by atoms with Crippen LogP contribution in [0.4, 0.5) is 0 Å². The first-order valence-electron chi connectivity index (χ1n) is 9.41. The Morgan fingerprint density at radius 1 is 1.07 bits per heavy atom. The number of benzene rings is 2. The largest absolute Gasteiger partial charge is 0.484 e. The van der Waals surface area contributed by atoms with Crippen molar-refractivity contribution in [3.05, 3.63) is 65.7 Å². The van der Waals surface area contributed by atoms with Crippen LogP contribution in [0.3, 0.4) is 0 Å². The molecule has 1 fully saturated rings. The SMILES string of the molecule is N#Cc1ccc(OCC(=O)NC(Cc2ccccc2)C(=O)N2CCCC2)cc1. The smallest absolute Gasteiger partial charge is 0.258 e. The summed E-state index contributed by atoms with van der Waals surface area (Å²) in [5.74, 6) is 0.102. The van der Waals surface area contributed by atoms with E-state index in [-0.39, 0.29) is 18.4 Å². The van der Waals surface area contributed by atoms with Crippen LogP contribution >= 0.6 is 0 Å². The van der Waals surface area contributed by atoms with Crippen LogP contribution in [0.2, 0.25) is 0 Å². The maximum Gasteiger partial charge on any atom is 0.258 e. The summed E-state index contributed by atoms with van der Waals surface area (Å²) in [5.41, 5.74) is 1.52. The average molecular weight is 377 g/mol. The number of nitrogens with zero attached hydrogens (tertiary/aromatic N) is 2. The second kappa shape index (κ2) is 9.56. The van der Waals surface area contributed by atoms with Crippen molar-refractivity contribution in [3.63, 3.8) is 0 Å². The van der Waals surface area contributed by atoms with E-state index in [1.807, 2.05) is 41.3 Å². The van der Waals surface area contributed by atoms with Crippen LogP contribution < -0.4 is 10.1 Å². The monoisotopic (exact) mass is 377 g/mol. The van der Waals surface area contributed by atoms with Crippen LogP contribution in [0.5, 0.6) is 5.75 Å². The average Bonchev–Trinajstić information content (AvgIpc) is 3.27. The zero-order valence-electron chi connectivity index (χ0n) is 15.6. The van der Waals surface area contributed by atoms with Crippen LogP contribution in [0, 0.1) is 11.3 Å². The second-order valence-corrected chi connectivity index (χ2v) is 6.77. The normalized spacial score (nSPS) is 14.2. The molecule has 0 bridgehead atoms. The minimum Gasteiger partial charge on any atom is -0.484 e. The van der Waals surface area contributed by atoms with E-state index in [0.717, 1.165) is 31.5 Å². The lowest BCUT2D eigenvalue weighted by Crippen LogP contribution is -2.50. The molecule has 6 nitrogen and oxygen atoms in total. The molecule has 1 atom stereocenters.